The van der Waals surface area contributed by atoms with Gasteiger partial charge in [-0.15, -0.1) is 0 Å². The van der Waals surface area contributed by atoms with Gasteiger partial charge >= 0.3 is 5.97 Å². The fourth-order valence-electron chi connectivity index (χ4n) is 1.12. The number of rotatable bonds is 4. The first-order valence-corrected chi connectivity index (χ1v) is 4.30. The van der Waals surface area contributed by atoms with Gasteiger partial charge in [-0.3, -0.25) is 14.9 Å². The average Bonchev–Trinajstić information content (AvgIpc) is 2.27. The van der Waals surface area contributed by atoms with Gasteiger partial charge in [0.1, 0.15) is 6.10 Å². The van der Waals surface area contributed by atoms with Crippen molar-refractivity contribution in [2.75, 3.05) is 0 Å². The minimum Gasteiger partial charge on any atom is -0.479 e. The molecule has 4 N–H and O–H groups in total. The zero-order valence-electron chi connectivity index (χ0n) is 8.23. The number of aliphatic hydroxyl groups is 2. The number of nitrogens with one attached hydrogen (secondary N) is 1. The van der Waals surface area contributed by atoms with Gasteiger partial charge in [-0.25, -0.2) is 4.79 Å². The number of aliphatic hydroxyl groups excluding tert-OH is 2. The standard InChI is InChI=1S/C8H8N2O7/c11-5(6(12)8(14)15)4-1-3(10(16)17)2-9-7(4)13/h1-2,5-6,11-12H,(H,9,13)(H,14,15). The summed E-state index contributed by atoms with van der Waals surface area (Å²) in [4.78, 5) is 33.2. The third-order valence-electron chi connectivity index (χ3n) is 2.00. The molecule has 0 radical (unpaired) electrons. The Kier molecular flexibility index (Phi) is 3.55. The van der Waals surface area contributed by atoms with E-state index in [1.165, 1.54) is 0 Å². The van der Waals surface area contributed by atoms with Gasteiger partial charge in [0, 0.05) is 6.07 Å². The molecule has 0 aromatic carbocycles. The first-order valence-electron chi connectivity index (χ1n) is 4.30. The molecule has 0 aliphatic rings. The van der Waals surface area contributed by atoms with E-state index < -0.39 is 39.9 Å². The molecule has 1 rings (SSSR count). The van der Waals surface area contributed by atoms with Crippen molar-refractivity contribution >= 4 is 11.7 Å². The van der Waals surface area contributed by atoms with Gasteiger partial charge in [0.05, 0.1) is 16.7 Å². The van der Waals surface area contributed by atoms with E-state index in [4.69, 9.17) is 10.2 Å². The monoisotopic (exact) mass is 244 g/mol. The molecule has 0 saturated carbocycles. The van der Waals surface area contributed by atoms with Gasteiger partial charge in [-0.1, -0.05) is 0 Å². The van der Waals surface area contributed by atoms with E-state index in [0.717, 1.165) is 6.20 Å². The number of aromatic nitrogens is 1. The van der Waals surface area contributed by atoms with Crippen molar-refractivity contribution in [1.82, 2.24) is 4.98 Å². The summed E-state index contributed by atoms with van der Waals surface area (Å²) in [6.07, 6.45) is -3.49. The van der Waals surface area contributed by atoms with Crippen LogP contribution in [0.3, 0.4) is 0 Å². The van der Waals surface area contributed by atoms with Crippen LogP contribution in [-0.2, 0) is 4.79 Å². The summed E-state index contributed by atoms with van der Waals surface area (Å²) in [6.45, 7) is 0. The lowest BCUT2D eigenvalue weighted by molar-refractivity contribution is -0.385. The molecule has 17 heavy (non-hydrogen) atoms. The Morgan fingerprint density at radius 3 is 2.53 bits per heavy atom. The fourth-order valence-corrected chi connectivity index (χ4v) is 1.12. The number of carboxylic acid groups (broad SMARTS) is 1. The van der Waals surface area contributed by atoms with Crippen LogP contribution in [0, 0.1) is 10.1 Å². The number of carboxylic acids is 1. The first kappa shape index (κ1) is 12.8. The topological polar surface area (TPSA) is 154 Å². The largest absolute Gasteiger partial charge is 0.479 e. The van der Waals surface area contributed by atoms with E-state index in [9.17, 15) is 24.8 Å². The zero-order valence-corrected chi connectivity index (χ0v) is 8.23. The fraction of sp³-hybridized carbons (Fsp3) is 0.250. The molecule has 0 spiro atoms. The molecule has 1 aromatic rings. The number of pyridine rings is 1. The number of hydrogen-bond donors (Lipinski definition) is 4. The van der Waals surface area contributed by atoms with E-state index in [2.05, 4.69) is 0 Å². The van der Waals surface area contributed by atoms with Gasteiger partial charge in [0.25, 0.3) is 11.2 Å². The Bertz CT molecular complexity index is 509. The number of nitro groups is 1. The summed E-state index contributed by atoms with van der Waals surface area (Å²) >= 11 is 0. The van der Waals surface area contributed by atoms with E-state index in [1.54, 1.807) is 0 Å². The summed E-state index contributed by atoms with van der Waals surface area (Å²) in [6, 6.07) is 0.704. The lowest BCUT2D eigenvalue weighted by Crippen LogP contribution is -2.31. The SMILES string of the molecule is O=C(O)C(O)C(O)c1cc([N+](=O)[O-])c[nH]c1=O. The highest BCUT2D eigenvalue weighted by atomic mass is 16.6. The second-order valence-corrected chi connectivity index (χ2v) is 3.13. The van der Waals surface area contributed by atoms with Crippen LogP contribution < -0.4 is 5.56 Å². The Labute approximate surface area is 93.1 Å². The molecule has 0 bridgehead atoms. The van der Waals surface area contributed by atoms with Crippen molar-refractivity contribution in [2.24, 2.45) is 0 Å². The van der Waals surface area contributed by atoms with Crippen LogP contribution in [-0.4, -0.2) is 37.3 Å². The highest BCUT2D eigenvalue weighted by molar-refractivity contribution is 5.73. The van der Waals surface area contributed by atoms with Crippen molar-refractivity contribution in [2.45, 2.75) is 12.2 Å². The maximum absolute atomic E-state index is 11.2. The Hall–Kier alpha value is -2.26. The summed E-state index contributed by atoms with van der Waals surface area (Å²) in [5.41, 5.74) is -2.03. The van der Waals surface area contributed by atoms with Crippen LogP contribution in [0.5, 0.6) is 0 Å². The minimum atomic E-state index is -2.24. The van der Waals surface area contributed by atoms with Gasteiger partial charge in [0.15, 0.2) is 6.10 Å². The molecular weight excluding hydrogens is 236 g/mol. The summed E-state index contributed by atoms with van der Waals surface area (Å²) in [7, 11) is 0. The summed E-state index contributed by atoms with van der Waals surface area (Å²) in [5.74, 6) is -1.75. The maximum atomic E-state index is 11.2. The Balaban J connectivity index is 3.21. The number of nitrogens with zero attached hydrogens (tertiary/aromatic N) is 1. The van der Waals surface area contributed by atoms with Crippen LogP contribution >= 0.6 is 0 Å². The van der Waals surface area contributed by atoms with Crippen LogP contribution in [0.2, 0.25) is 0 Å². The van der Waals surface area contributed by atoms with Crippen molar-refractivity contribution in [3.8, 4) is 0 Å². The maximum Gasteiger partial charge on any atom is 0.335 e. The Morgan fingerprint density at radius 1 is 1.47 bits per heavy atom. The number of aliphatic carboxylic acids is 1. The normalized spacial score (nSPS) is 14.0. The van der Waals surface area contributed by atoms with E-state index in [0.29, 0.717) is 6.07 Å². The number of H-pyrrole nitrogens is 1. The molecule has 0 fully saturated rings. The Morgan fingerprint density at radius 2 is 2.06 bits per heavy atom. The van der Waals surface area contributed by atoms with Crippen LogP contribution in [0.4, 0.5) is 5.69 Å². The van der Waals surface area contributed by atoms with E-state index in [-0.39, 0.29) is 0 Å². The quantitative estimate of drug-likeness (QED) is 0.381. The third kappa shape index (κ3) is 2.65. The number of aromatic amines is 1. The smallest absolute Gasteiger partial charge is 0.335 e. The predicted octanol–water partition coefficient (Wildman–Crippen LogP) is -1.24. The van der Waals surface area contributed by atoms with Gasteiger partial charge in [-0.2, -0.15) is 0 Å². The van der Waals surface area contributed by atoms with Crippen molar-refractivity contribution in [3.05, 3.63) is 38.3 Å². The van der Waals surface area contributed by atoms with Crippen molar-refractivity contribution < 1.29 is 25.0 Å². The molecule has 9 nitrogen and oxygen atoms in total. The molecule has 2 atom stereocenters. The second kappa shape index (κ2) is 4.72. The third-order valence-corrected chi connectivity index (χ3v) is 2.00. The molecule has 1 heterocycles. The lowest BCUT2D eigenvalue weighted by Gasteiger charge is -2.12. The zero-order chi connectivity index (χ0) is 13.2. The summed E-state index contributed by atoms with van der Waals surface area (Å²) < 4.78 is 0. The molecule has 92 valence electrons. The molecule has 0 saturated heterocycles. The van der Waals surface area contributed by atoms with Gasteiger partial charge in [-0.05, 0) is 0 Å². The minimum absolute atomic E-state index is 0.531. The van der Waals surface area contributed by atoms with Gasteiger partial charge < -0.3 is 20.3 Å². The highest BCUT2D eigenvalue weighted by Crippen LogP contribution is 2.17. The first-order chi connectivity index (χ1) is 7.84. The molecule has 0 aliphatic heterocycles. The molecule has 2 unspecified atom stereocenters. The molecule has 9 heteroatoms. The van der Waals surface area contributed by atoms with E-state index in [1.807, 2.05) is 4.98 Å². The van der Waals surface area contributed by atoms with Crippen molar-refractivity contribution in [3.63, 3.8) is 0 Å². The number of hydrogen-bond acceptors (Lipinski definition) is 6. The second-order valence-electron chi connectivity index (χ2n) is 3.13. The highest BCUT2D eigenvalue weighted by Gasteiger charge is 2.28. The van der Waals surface area contributed by atoms with E-state index >= 15 is 0 Å². The summed E-state index contributed by atoms with van der Waals surface area (Å²) in [5, 5.41) is 37.2. The average molecular weight is 244 g/mol. The molecular formula is C8H8N2O7. The van der Waals surface area contributed by atoms with Crippen molar-refractivity contribution in [1.29, 1.82) is 0 Å². The van der Waals surface area contributed by atoms with Crippen LogP contribution in [0.1, 0.15) is 11.7 Å². The number of carbonyl (C=O) groups is 1. The molecule has 0 amide bonds. The van der Waals surface area contributed by atoms with Crippen LogP contribution in [0.15, 0.2) is 17.1 Å². The van der Waals surface area contributed by atoms with Gasteiger partial charge in [0.2, 0.25) is 0 Å². The predicted molar refractivity (Wildman–Crippen MR) is 52.3 cm³/mol. The molecule has 1 aromatic heterocycles. The lowest BCUT2D eigenvalue weighted by atomic mass is 10.1. The molecule has 0 aliphatic carbocycles. The van der Waals surface area contributed by atoms with Crippen LogP contribution in [0.25, 0.3) is 0 Å².